The summed E-state index contributed by atoms with van der Waals surface area (Å²) in [6.07, 6.45) is 3.25. The highest BCUT2D eigenvalue weighted by molar-refractivity contribution is 6.03. The Hall–Kier alpha value is -1.57. The Morgan fingerprint density at radius 2 is 1.72 bits per heavy atom. The SMILES string of the molecule is CCc1c(C)[nH]c(C=C2N=C(C)C(C)=C2C)c1C. The van der Waals surface area contributed by atoms with E-state index in [1.54, 1.807) is 0 Å². The summed E-state index contributed by atoms with van der Waals surface area (Å²) < 4.78 is 0. The number of nitrogens with one attached hydrogen (secondary N) is 1. The number of nitrogens with zero attached hydrogens (tertiary/aromatic N) is 1. The van der Waals surface area contributed by atoms with Gasteiger partial charge in [-0.1, -0.05) is 6.92 Å². The normalized spacial score (nSPS) is 17.9. The lowest BCUT2D eigenvalue weighted by atomic mass is 10.1. The van der Waals surface area contributed by atoms with E-state index in [2.05, 4.69) is 57.6 Å². The van der Waals surface area contributed by atoms with Gasteiger partial charge in [-0.25, -0.2) is 0 Å². The molecule has 0 saturated carbocycles. The number of hydrogen-bond acceptors (Lipinski definition) is 1. The van der Waals surface area contributed by atoms with E-state index in [0.717, 1.165) is 17.8 Å². The molecule has 1 aromatic rings. The Balaban J connectivity index is 2.48. The van der Waals surface area contributed by atoms with Crippen molar-refractivity contribution in [3.63, 3.8) is 0 Å². The van der Waals surface area contributed by atoms with Crippen LogP contribution in [0.15, 0.2) is 21.8 Å². The molecule has 0 aromatic carbocycles. The molecule has 2 heteroatoms. The van der Waals surface area contributed by atoms with E-state index in [-0.39, 0.29) is 0 Å². The maximum Gasteiger partial charge on any atom is 0.0686 e. The molecule has 2 rings (SSSR count). The molecule has 0 saturated heterocycles. The van der Waals surface area contributed by atoms with Crippen molar-refractivity contribution >= 4 is 11.8 Å². The van der Waals surface area contributed by atoms with Crippen LogP contribution in [0.25, 0.3) is 6.08 Å². The molecule has 0 amide bonds. The molecule has 0 fully saturated rings. The van der Waals surface area contributed by atoms with E-state index >= 15 is 0 Å². The van der Waals surface area contributed by atoms with Crippen molar-refractivity contribution in [3.05, 3.63) is 39.4 Å². The number of H-pyrrole nitrogens is 1. The fourth-order valence-corrected chi connectivity index (χ4v) is 2.58. The lowest BCUT2D eigenvalue weighted by Crippen LogP contribution is -1.87. The molecule has 0 atom stereocenters. The predicted octanol–water partition coefficient (Wildman–Crippen LogP) is 4.35. The number of aryl methyl sites for hydroxylation is 1. The van der Waals surface area contributed by atoms with Crippen molar-refractivity contribution in [2.45, 2.75) is 48.0 Å². The van der Waals surface area contributed by atoms with Gasteiger partial charge in [0, 0.05) is 17.1 Å². The average molecular weight is 242 g/mol. The highest BCUT2D eigenvalue weighted by Gasteiger charge is 2.15. The summed E-state index contributed by atoms with van der Waals surface area (Å²) in [5.41, 5.74) is 10.1. The van der Waals surface area contributed by atoms with Crippen LogP contribution in [0.2, 0.25) is 0 Å². The van der Waals surface area contributed by atoms with Gasteiger partial charge in [-0.15, -0.1) is 0 Å². The number of allylic oxidation sites excluding steroid dienone is 2. The fraction of sp³-hybridized carbons (Fsp3) is 0.438. The maximum absolute atomic E-state index is 4.64. The van der Waals surface area contributed by atoms with Gasteiger partial charge in [0.1, 0.15) is 0 Å². The van der Waals surface area contributed by atoms with Gasteiger partial charge >= 0.3 is 0 Å². The van der Waals surface area contributed by atoms with Crippen LogP contribution in [-0.4, -0.2) is 10.7 Å². The molecule has 1 N–H and O–H groups in total. The van der Waals surface area contributed by atoms with E-state index in [9.17, 15) is 0 Å². The van der Waals surface area contributed by atoms with Gasteiger partial charge in [0.05, 0.1) is 5.70 Å². The minimum Gasteiger partial charge on any atom is -0.359 e. The summed E-state index contributed by atoms with van der Waals surface area (Å²) in [4.78, 5) is 8.11. The first-order valence-electron chi connectivity index (χ1n) is 6.59. The van der Waals surface area contributed by atoms with Crippen molar-refractivity contribution in [1.82, 2.24) is 4.98 Å². The van der Waals surface area contributed by atoms with E-state index in [1.807, 2.05) is 0 Å². The first-order valence-corrected chi connectivity index (χ1v) is 6.59. The lowest BCUT2D eigenvalue weighted by molar-refractivity contribution is 1.08. The van der Waals surface area contributed by atoms with E-state index in [4.69, 9.17) is 0 Å². The monoisotopic (exact) mass is 242 g/mol. The fourth-order valence-electron chi connectivity index (χ4n) is 2.58. The molecular formula is C16H22N2. The molecule has 0 radical (unpaired) electrons. The number of hydrogen-bond donors (Lipinski definition) is 1. The van der Waals surface area contributed by atoms with Crippen LogP contribution in [0.1, 0.15) is 50.2 Å². The summed E-state index contributed by atoms with van der Waals surface area (Å²) >= 11 is 0. The van der Waals surface area contributed by atoms with Crippen molar-refractivity contribution in [1.29, 1.82) is 0 Å². The third-order valence-corrected chi connectivity index (χ3v) is 4.04. The summed E-state index contributed by atoms with van der Waals surface area (Å²) in [5, 5.41) is 0. The van der Waals surface area contributed by atoms with E-state index in [1.165, 1.54) is 33.7 Å². The smallest absolute Gasteiger partial charge is 0.0686 e. The summed E-state index contributed by atoms with van der Waals surface area (Å²) in [6.45, 7) is 12.9. The lowest BCUT2D eigenvalue weighted by Gasteiger charge is -1.99. The molecule has 2 heterocycles. The van der Waals surface area contributed by atoms with Crippen LogP contribution in [-0.2, 0) is 6.42 Å². The second kappa shape index (κ2) is 4.60. The predicted molar refractivity (Wildman–Crippen MR) is 79.1 cm³/mol. The van der Waals surface area contributed by atoms with Crippen molar-refractivity contribution in [2.24, 2.45) is 4.99 Å². The molecule has 96 valence electrons. The second-order valence-corrected chi connectivity index (χ2v) is 5.10. The second-order valence-electron chi connectivity index (χ2n) is 5.10. The van der Waals surface area contributed by atoms with Crippen LogP contribution in [0.3, 0.4) is 0 Å². The highest BCUT2D eigenvalue weighted by Crippen LogP contribution is 2.28. The van der Waals surface area contributed by atoms with Crippen molar-refractivity contribution in [2.75, 3.05) is 0 Å². The summed E-state index contributed by atoms with van der Waals surface area (Å²) in [7, 11) is 0. The molecule has 1 aliphatic heterocycles. The van der Waals surface area contributed by atoms with Gasteiger partial charge in [-0.05, 0) is 69.4 Å². The van der Waals surface area contributed by atoms with Crippen molar-refractivity contribution < 1.29 is 0 Å². The molecule has 2 nitrogen and oxygen atoms in total. The Morgan fingerprint density at radius 1 is 1.06 bits per heavy atom. The Labute approximate surface area is 110 Å². The number of aromatic amines is 1. The molecule has 0 unspecified atom stereocenters. The van der Waals surface area contributed by atoms with Gasteiger partial charge in [0.2, 0.25) is 0 Å². The average Bonchev–Trinajstić information content (AvgIpc) is 2.72. The Morgan fingerprint density at radius 3 is 2.17 bits per heavy atom. The Kier molecular flexibility index (Phi) is 3.29. The minimum atomic E-state index is 1.08. The number of aliphatic imine (C=N–C) groups is 1. The van der Waals surface area contributed by atoms with Crippen LogP contribution < -0.4 is 0 Å². The summed E-state index contributed by atoms with van der Waals surface area (Å²) in [5.74, 6) is 0. The van der Waals surface area contributed by atoms with E-state index < -0.39 is 0 Å². The van der Waals surface area contributed by atoms with Gasteiger partial charge < -0.3 is 4.98 Å². The zero-order chi connectivity index (χ0) is 13.4. The third-order valence-electron chi connectivity index (χ3n) is 4.04. The third kappa shape index (κ3) is 1.96. The molecule has 0 spiro atoms. The maximum atomic E-state index is 4.64. The molecular weight excluding hydrogens is 220 g/mol. The molecule has 18 heavy (non-hydrogen) atoms. The van der Waals surface area contributed by atoms with Crippen LogP contribution in [0.5, 0.6) is 0 Å². The largest absolute Gasteiger partial charge is 0.359 e. The van der Waals surface area contributed by atoms with Crippen LogP contribution in [0, 0.1) is 13.8 Å². The van der Waals surface area contributed by atoms with Gasteiger partial charge in [0.25, 0.3) is 0 Å². The first kappa shape index (κ1) is 12.9. The summed E-state index contributed by atoms with van der Waals surface area (Å²) in [6, 6.07) is 0. The zero-order valence-corrected chi connectivity index (χ0v) is 12.2. The first-order chi connectivity index (χ1) is 8.45. The molecule has 1 aromatic heterocycles. The zero-order valence-electron chi connectivity index (χ0n) is 12.2. The molecule has 0 aliphatic carbocycles. The van der Waals surface area contributed by atoms with Gasteiger partial charge in [-0.2, -0.15) is 0 Å². The number of aromatic nitrogens is 1. The minimum absolute atomic E-state index is 1.08. The molecule has 0 bridgehead atoms. The quantitative estimate of drug-likeness (QED) is 0.799. The highest BCUT2D eigenvalue weighted by atomic mass is 14.8. The van der Waals surface area contributed by atoms with Gasteiger partial charge in [-0.3, -0.25) is 4.99 Å². The standard InChI is InChI=1S/C16H22N2/c1-7-14-11(4)16(18-13(14)6)8-15-10(3)9(2)12(5)17-15/h8,18H,7H2,1-6H3. The number of rotatable bonds is 2. The van der Waals surface area contributed by atoms with Crippen LogP contribution >= 0.6 is 0 Å². The van der Waals surface area contributed by atoms with Crippen molar-refractivity contribution in [3.8, 4) is 0 Å². The van der Waals surface area contributed by atoms with E-state index in [0.29, 0.717) is 0 Å². The Bertz CT molecular complexity index is 580. The van der Waals surface area contributed by atoms with Gasteiger partial charge in [0.15, 0.2) is 0 Å². The molecule has 1 aliphatic rings. The topological polar surface area (TPSA) is 28.1 Å². The van der Waals surface area contributed by atoms with Crippen LogP contribution in [0.4, 0.5) is 0 Å².